The van der Waals surface area contributed by atoms with E-state index in [0.29, 0.717) is 12.2 Å². The smallest absolute Gasteiger partial charge is 0.313 e. The van der Waals surface area contributed by atoms with Crippen LogP contribution in [0.4, 0.5) is 11.4 Å². The minimum Gasteiger partial charge on any atom is -0.378 e. The first-order valence-electron chi connectivity index (χ1n) is 11.1. The van der Waals surface area contributed by atoms with Crippen molar-refractivity contribution in [3.05, 3.63) is 59.2 Å². The molecule has 1 atom stereocenters. The monoisotopic (exact) mass is 437 g/mol. The van der Waals surface area contributed by atoms with E-state index in [1.807, 2.05) is 46.1 Å². The highest BCUT2D eigenvalue weighted by molar-refractivity contribution is 6.39. The number of anilines is 2. The molecule has 172 valence electrons. The Balaban J connectivity index is 1.70. The third-order valence-electron chi connectivity index (χ3n) is 6.15. The van der Waals surface area contributed by atoms with Crippen LogP contribution in [0.25, 0.3) is 0 Å². The molecule has 0 saturated carbocycles. The second-order valence-electron chi connectivity index (χ2n) is 8.77. The maximum absolute atomic E-state index is 12.6. The van der Waals surface area contributed by atoms with Gasteiger partial charge in [0.1, 0.15) is 0 Å². The fraction of sp³-hybridized carbons (Fsp3) is 0.440. The minimum atomic E-state index is -0.637. The number of rotatable bonds is 6. The van der Waals surface area contributed by atoms with E-state index in [-0.39, 0.29) is 6.04 Å². The van der Waals surface area contributed by atoms with Crippen LogP contribution in [-0.2, 0) is 9.59 Å². The average molecular weight is 438 g/mol. The van der Waals surface area contributed by atoms with E-state index in [9.17, 15) is 9.59 Å². The number of likely N-dealkylation sites (N-methyl/N-ethyl adjacent to an activating group) is 1. The first-order valence-corrected chi connectivity index (χ1v) is 11.1. The molecule has 1 aliphatic heterocycles. The molecular weight excluding hydrogens is 402 g/mol. The van der Waals surface area contributed by atoms with Gasteiger partial charge in [-0.3, -0.25) is 14.5 Å². The predicted octanol–water partition coefficient (Wildman–Crippen LogP) is 2.41. The molecule has 32 heavy (non-hydrogen) atoms. The SMILES string of the molecule is Cc1cccc(C)c1NC(=O)C(=O)NC[C@H](c1ccc(N(C)C)cc1)N1CCN(C)CC1. The van der Waals surface area contributed by atoms with Crippen LogP contribution in [0, 0.1) is 13.8 Å². The Morgan fingerprint density at radius 1 is 0.938 bits per heavy atom. The van der Waals surface area contributed by atoms with Crippen LogP contribution in [0.1, 0.15) is 22.7 Å². The number of aryl methyl sites for hydroxylation is 2. The quantitative estimate of drug-likeness (QED) is 0.680. The molecule has 0 aliphatic carbocycles. The number of amides is 2. The molecule has 0 bridgehead atoms. The third kappa shape index (κ3) is 5.87. The lowest BCUT2D eigenvalue weighted by Crippen LogP contribution is -2.49. The number of hydrogen-bond donors (Lipinski definition) is 2. The number of nitrogens with one attached hydrogen (secondary N) is 2. The summed E-state index contributed by atoms with van der Waals surface area (Å²) in [4.78, 5) is 31.9. The van der Waals surface area contributed by atoms with Gasteiger partial charge in [0.2, 0.25) is 0 Å². The van der Waals surface area contributed by atoms with Gasteiger partial charge in [-0.1, -0.05) is 30.3 Å². The van der Waals surface area contributed by atoms with Crippen LogP contribution in [0.2, 0.25) is 0 Å². The highest BCUT2D eigenvalue weighted by Gasteiger charge is 2.26. The molecule has 2 aromatic carbocycles. The van der Waals surface area contributed by atoms with Gasteiger partial charge in [-0.15, -0.1) is 0 Å². The fourth-order valence-electron chi connectivity index (χ4n) is 4.04. The van der Waals surface area contributed by atoms with E-state index >= 15 is 0 Å². The van der Waals surface area contributed by atoms with Crippen molar-refractivity contribution in [3.63, 3.8) is 0 Å². The Hall–Kier alpha value is -2.90. The number of piperazine rings is 1. The highest BCUT2D eigenvalue weighted by Crippen LogP contribution is 2.24. The molecule has 1 fully saturated rings. The van der Waals surface area contributed by atoms with Gasteiger partial charge in [-0.2, -0.15) is 0 Å². The molecule has 1 aliphatic rings. The molecule has 0 unspecified atom stereocenters. The molecule has 1 heterocycles. The predicted molar refractivity (Wildman–Crippen MR) is 130 cm³/mol. The standard InChI is InChI=1S/C25H35N5O2/c1-18-7-6-8-19(2)23(18)27-25(32)24(31)26-17-22(30-15-13-29(5)14-16-30)20-9-11-21(12-10-20)28(3)4/h6-12,22H,13-17H2,1-5H3,(H,26,31)(H,27,32)/t22-/m1/s1. The zero-order chi connectivity index (χ0) is 23.3. The van der Waals surface area contributed by atoms with E-state index in [2.05, 4.69) is 56.6 Å². The van der Waals surface area contributed by atoms with Crippen LogP contribution in [0.3, 0.4) is 0 Å². The summed E-state index contributed by atoms with van der Waals surface area (Å²) in [5.74, 6) is -1.25. The molecule has 7 nitrogen and oxygen atoms in total. The normalized spacial score (nSPS) is 15.8. The zero-order valence-corrected chi connectivity index (χ0v) is 19.8. The number of hydrogen-bond acceptors (Lipinski definition) is 5. The highest BCUT2D eigenvalue weighted by atomic mass is 16.2. The number of benzene rings is 2. The van der Waals surface area contributed by atoms with Crippen LogP contribution < -0.4 is 15.5 Å². The number of para-hydroxylation sites is 1. The Morgan fingerprint density at radius 2 is 1.53 bits per heavy atom. The number of nitrogens with zero attached hydrogens (tertiary/aromatic N) is 3. The first-order chi connectivity index (χ1) is 15.3. The summed E-state index contributed by atoms with van der Waals surface area (Å²) in [7, 11) is 6.15. The molecule has 2 aromatic rings. The molecule has 0 spiro atoms. The summed E-state index contributed by atoms with van der Waals surface area (Å²) < 4.78 is 0. The molecular formula is C25H35N5O2. The Labute approximate surface area is 191 Å². The van der Waals surface area contributed by atoms with Crippen LogP contribution in [-0.4, -0.2) is 75.5 Å². The van der Waals surface area contributed by atoms with Gasteiger partial charge in [0, 0.05) is 58.2 Å². The Bertz CT molecular complexity index is 914. The third-order valence-corrected chi connectivity index (χ3v) is 6.15. The summed E-state index contributed by atoms with van der Waals surface area (Å²) in [5, 5.41) is 5.64. The van der Waals surface area contributed by atoms with Crippen LogP contribution in [0.5, 0.6) is 0 Å². The van der Waals surface area contributed by atoms with E-state index in [1.54, 1.807) is 0 Å². The Morgan fingerprint density at radius 3 is 2.09 bits per heavy atom. The molecule has 1 saturated heterocycles. The molecule has 3 rings (SSSR count). The lowest BCUT2D eigenvalue weighted by Gasteiger charge is -2.38. The van der Waals surface area contributed by atoms with Gasteiger partial charge in [0.05, 0.1) is 6.04 Å². The molecule has 2 amide bonds. The van der Waals surface area contributed by atoms with Crippen molar-refractivity contribution in [2.75, 3.05) is 64.1 Å². The van der Waals surface area contributed by atoms with Gasteiger partial charge >= 0.3 is 11.8 Å². The van der Waals surface area contributed by atoms with Crippen molar-refractivity contribution in [1.82, 2.24) is 15.1 Å². The fourth-order valence-corrected chi connectivity index (χ4v) is 4.04. The second kappa shape index (κ2) is 10.6. The lowest BCUT2D eigenvalue weighted by molar-refractivity contribution is -0.136. The van der Waals surface area contributed by atoms with E-state index in [4.69, 9.17) is 0 Å². The summed E-state index contributed by atoms with van der Waals surface area (Å²) in [6, 6.07) is 14.2. The van der Waals surface area contributed by atoms with E-state index in [0.717, 1.165) is 48.6 Å². The van der Waals surface area contributed by atoms with Crippen molar-refractivity contribution in [1.29, 1.82) is 0 Å². The molecule has 0 radical (unpaired) electrons. The van der Waals surface area contributed by atoms with Crippen molar-refractivity contribution in [2.45, 2.75) is 19.9 Å². The maximum Gasteiger partial charge on any atom is 0.313 e. The largest absolute Gasteiger partial charge is 0.378 e. The number of carbonyl (C=O) groups excluding carboxylic acids is 2. The average Bonchev–Trinajstić information content (AvgIpc) is 2.77. The topological polar surface area (TPSA) is 67.9 Å². The minimum absolute atomic E-state index is 0.0110. The van der Waals surface area contributed by atoms with Gasteiger partial charge < -0.3 is 20.4 Å². The lowest BCUT2D eigenvalue weighted by atomic mass is 10.0. The van der Waals surface area contributed by atoms with Crippen LogP contribution in [0.15, 0.2) is 42.5 Å². The van der Waals surface area contributed by atoms with Gasteiger partial charge in [-0.05, 0) is 49.7 Å². The van der Waals surface area contributed by atoms with Crippen molar-refractivity contribution in [3.8, 4) is 0 Å². The van der Waals surface area contributed by atoms with Gasteiger partial charge in [0.25, 0.3) is 0 Å². The summed E-state index contributed by atoms with van der Waals surface area (Å²) in [6.07, 6.45) is 0. The van der Waals surface area contributed by atoms with Crippen LogP contribution >= 0.6 is 0 Å². The van der Waals surface area contributed by atoms with E-state index < -0.39 is 11.8 Å². The molecule has 0 aromatic heterocycles. The summed E-state index contributed by atoms with van der Waals surface area (Å²) >= 11 is 0. The Kier molecular flexibility index (Phi) is 7.88. The van der Waals surface area contributed by atoms with E-state index in [1.165, 1.54) is 0 Å². The van der Waals surface area contributed by atoms with Gasteiger partial charge in [-0.25, -0.2) is 0 Å². The van der Waals surface area contributed by atoms with Gasteiger partial charge in [0.15, 0.2) is 0 Å². The molecule has 2 N–H and O–H groups in total. The number of carbonyl (C=O) groups is 2. The van der Waals surface area contributed by atoms with Crippen molar-refractivity contribution in [2.24, 2.45) is 0 Å². The first kappa shape index (κ1) is 23.8. The second-order valence-corrected chi connectivity index (χ2v) is 8.77. The maximum atomic E-state index is 12.6. The summed E-state index contributed by atoms with van der Waals surface area (Å²) in [6.45, 7) is 8.01. The zero-order valence-electron chi connectivity index (χ0n) is 19.8. The molecule has 7 heteroatoms. The summed E-state index contributed by atoms with van der Waals surface area (Å²) in [5.41, 5.74) is 4.82. The van der Waals surface area contributed by atoms with Crippen molar-refractivity contribution < 1.29 is 9.59 Å². The van der Waals surface area contributed by atoms with Crippen molar-refractivity contribution >= 4 is 23.2 Å².